The number of aromatic amines is 1. The van der Waals surface area contributed by atoms with E-state index >= 15 is 0 Å². The first-order chi connectivity index (χ1) is 19.6. The molecule has 2 saturated heterocycles. The Balaban J connectivity index is 1.15. The van der Waals surface area contributed by atoms with Crippen LogP contribution in [0.5, 0.6) is 5.75 Å². The summed E-state index contributed by atoms with van der Waals surface area (Å²) in [4.78, 5) is 40.5. The van der Waals surface area contributed by atoms with Gasteiger partial charge in [0.25, 0.3) is 5.91 Å². The van der Waals surface area contributed by atoms with Gasteiger partial charge in [0.1, 0.15) is 22.8 Å². The SMILES string of the molecule is O=C(Nc1cnc2[nH]cc(-c3ccc4c(c3)OC3(CCNCC3)CC4=O)c2c1)c1ccnc(N2CCNCC2)c1. The van der Waals surface area contributed by atoms with Crippen molar-refractivity contribution in [1.82, 2.24) is 25.6 Å². The van der Waals surface area contributed by atoms with E-state index in [1.165, 1.54) is 0 Å². The lowest BCUT2D eigenvalue weighted by Crippen LogP contribution is -2.49. The lowest BCUT2D eigenvalue weighted by Gasteiger charge is -2.41. The zero-order valence-electron chi connectivity index (χ0n) is 22.1. The molecule has 3 aromatic heterocycles. The molecule has 0 radical (unpaired) electrons. The van der Waals surface area contributed by atoms with Crippen LogP contribution < -0.4 is 25.6 Å². The van der Waals surface area contributed by atoms with Crippen LogP contribution in [0.3, 0.4) is 0 Å². The topological polar surface area (TPSA) is 124 Å². The number of ether oxygens (including phenoxy) is 1. The van der Waals surface area contributed by atoms with Crippen molar-refractivity contribution in [3.8, 4) is 16.9 Å². The van der Waals surface area contributed by atoms with Gasteiger partial charge in [0.15, 0.2) is 5.78 Å². The first-order valence-electron chi connectivity index (χ1n) is 13.8. The lowest BCUT2D eigenvalue weighted by atomic mass is 9.82. The third-order valence-electron chi connectivity index (χ3n) is 8.15. The second kappa shape index (κ2) is 10.0. The van der Waals surface area contributed by atoms with E-state index in [9.17, 15) is 9.59 Å². The largest absolute Gasteiger partial charge is 0.486 e. The van der Waals surface area contributed by atoms with E-state index in [0.29, 0.717) is 34.6 Å². The molecule has 10 heteroatoms. The first kappa shape index (κ1) is 24.7. The van der Waals surface area contributed by atoms with E-state index in [1.807, 2.05) is 36.5 Å². The minimum Gasteiger partial charge on any atom is -0.486 e. The van der Waals surface area contributed by atoms with Crippen LogP contribution in [-0.4, -0.2) is 71.5 Å². The van der Waals surface area contributed by atoms with Gasteiger partial charge in [-0.15, -0.1) is 0 Å². The van der Waals surface area contributed by atoms with E-state index in [1.54, 1.807) is 18.5 Å². The molecule has 0 unspecified atom stereocenters. The number of ketones is 1. The fourth-order valence-corrected chi connectivity index (χ4v) is 5.96. The number of hydrogen-bond acceptors (Lipinski definition) is 8. The summed E-state index contributed by atoms with van der Waals surface area (Å²) >= 11 is 0. The highest BCUT2D eigenvalue weighted by Gasteiger charge is 2.41. The summed E-state index contributed by atoms with van der Waals surface area (Å²) in [5.41, 5.74) is 3.90. The summed E-state index contributed by atoms with van der Waals surface area (Å²) < 4.78 is 6.50. The van der Waals surface area contributed by atoms with Crippen LogP contribution in [-0.2, 0) is 0 Å². The molecule has 1 amide bonds. The quantitative estimate of drug-likeness (QED) is 0.312. The zero-order valence-corrected chi connectivity index (χ0v) is 22.1. The number of nitrogens with one attached hydrogen (secondary N) is 4. The number of Topliss-reactive ketones (excluding diaryl/α,β-unsaturated/α-hetero) is 1. The van der Waals surface area contributed by atoms with E-state index < -0.39 is 5.60 Å². The van der Waals surface area contributed by atoms with Crippen LogP contribution in [0, 0.1) is 0 Å². The van der Waals surface area contributed by atoms with Gasteiger partial charge in [-0.3, -0.25) is 9.59 Å². The fourth-order valence-electron chi connectivity index (χ4n) is 5.96. The smallest absolute Gasteiger partial charge is 0.255 e. The molecule has 4 aromatic rings. The minimum absolute atomic E-state index is 0.136. The predicted molar refractivity (Wildman–Crippen MR) is 153 cm³/mol. The van der Waals surface area contributed by atoms with Gasteiger partial charge in [-0.2, -0.15) is 0 Å². The number of hydrogen-bond donors (Lipinski definition) is 4. The van der Waals surface area contributed by atoms with Crippen molar-refractivity contribution in [1.29, 1.82) is 0 Å². The Labute approximate surface area is 231 Å². The summed E-state index contributed by atoms with van der Waals surface area (Å²) in [6.07, 6.45) is 7.28. The number of benzene rings is 1. The average Bonchev–Trinajstić information content (AvgIpc) is 3.41. The molecule has 0 atom stereocenters. The maximum absolute atomic E-state index is 13.2. The van der Waals surface area contributed by atoms with Crippen molar-refractivity contribution in [2.75, 3.05) is 49.5 Å². The molecule has 10 nitrogen and oxygen atoms in total. The monoisotopic (exact) mass is 537 g/mol. The molecule has 40 heavy (non-hydrogen) atoms. The number of fused-ring (bicyclic) bond motifs is 2. The molecule has 3 aliphatic rings. The summed E-state index contributed by atoms with van der Waals surface area (Å²) in [5.74, 6) is 1.36. The molecule has 0 aliphatic carbocycles. The molecule has 7 rings (SSSR count). The second-order valence-corrected chi connectivity index (χ2v) is 10.8. The highest BCUT2D eigenvalue weighted by atomic mass is 16.5. The van der Waals surface area contributed by atoms with Crippen molar-refractivity contribution in [2.45, 2.75) is 24.9 Å². The third kappa shape index (κ3) is 4.59. The number of nitrogens with zero attached hydrogens (tertiary/aromatic N) is 3. The lowest BCUT2D eigenvalue weighted by molar-refractivity contribution is 0.0188. The standard InChI is InChI=1S/C30H31N7O3/c38-25-16-30(4-7-31-8-5-30)40-26-13-19(1-2-22(25)26)24-18-35-28-23(24)15-21(17-34-28)36-29(39)20-3-6-33-27(14-20)37-11-9-32-10-12-37/h1-3,6,13-15,17-18,31-32H,4-5,7-12,16H2,(H,34,35)(H,36,39). The summed E-state index contributed by atoms with van der Waals surface area (Å²) in [6, 6.07) is 11.2. The number of piperazine rings is 1. The van der Waals surface area contributed by atoms with Gasteiger partial charge in [0.2, 0.25) is 0 Å². The van der Waals surface area contributed by atoms with Gasteiger partial charge in [0, 0.05) is 67.9 Å². The highest BCUT2D eigenvalue weighted by molar-refractivity contribution is 6.06. The Bertz CT molecular complexity index is 1600. The number of aromatic nitrogens is 3. The number of pyridine rings is 2. The maximum atomic E-state index is 13.2. The van der Waals surface area contributed by atoms with Gasteiger partial charge in [0.05, 0.1) is 23.9 Å². The molecule has 0 bridgehead atoms. The van der Waals surface area contributed by atoms with Crippen LogP contribution in [0.25, 0.3) is 22.2 Å². The molecule has 204 valence electrons. The van der Waals surface area contributed by atoms with Gasteiger partial charge in [-0.25, -0.2) is 9.97 Å². The molecular weight excluding hydrogens is 506 g/mol. The van der Waals surface area contributed by atoms with Crippen molar-refractivity contribution in [3.05, 3.63) is 66.1 Å². The number of H-pyrrole nitrogens is 1. The van der Waals surface area contributed by atoms with Gasteiger partial charge in [-0.05, 0) is 49.0 Å². The zero-order chi connectivity index (χ0) is 27.1. The Hall–Kier alpha value is -4.28. The second-order valence-electron chi connectivity index (χ2n) is 10.8. The van der Waals surface area contributed by atoms with Crippen LogP contribution in [0.15, 0.2) is 55.0 Å². The number of carbonyl (C=O) groups excluding carboxylic acids is 2. The van der Waals surface area contributed by atoms with E-state index in [2.05, 4.69) is 35.8 Å². The summed E-state index contributed by atoms with van der Waals surface area (Å²) in [7, 11) is 0. The van der Waals surface area contributed by atoms with Gasteiger partial charge < -0.3 is 30.6 Å². The van der Waals surface area contributed by atoms with Crippen LogP contribution in [0.1, 0.15) is 40.0 Å². The molecule has 4 N–H and O–H groups in total. The van der Waals surface area contributed by atoms with Crippen LogP contribution in [0.4, 0.5) is 11.5 Å². The van der Waals surface area contributed by atoms with Gasteiger partial charge >= 0.3 is 0 Å². The Morgan fingerprint density at radius 1 is 0.975 bits per heavy atom. The number of carbonyl (C=O) groups is 2. The number of rotatable bonds is 4. The van der Waals surface area contributed by atoms with Crippen LogP contribution >= 0.6 is 0 Å². The molecule has 2 fully saturated rings. The van der Waals surface area contributed by atoms with E-state index in [4.69, 9.17) is 4.74 Å². The van der Waals surface area contributed by atoms with Crippen molar-refractivity contribution in [2.24, 2.45) is 0 Å². The number of amides is 1. The fraction of sp³-hybridized carbons (Fsp3) is 0.333. The van der Waals surface area contributed by atoms with Crippen molar-refractivity contribution < 1.29 is 14.3 Å². The first-order valence-corrected chi connectivity index (χ1v) is 13.8. The molecule has 3 aliphatic heterocycles. The number of piperidine rings is 1. The normalized spacial score (nSPS) is 18.4. The predicted octanol–water partition coefficient (Wildman–Crippen LogP) is 3.37. The van der Waals surface area contributed by atoms with E-state index in [0.717, 1.165) is 74.4 Å². The summed E-state index contributed by atoms with van der Waals surface area (Å²) in [5, 5.41) is 10.5. The Kier molecular flexibility index (Phi) is 6.21. The Morgan fingerprint density at radius 3 is 2.65 bits per heavy atom. The number of anilines is 2. The molecule has 0 saturated carbocycles. The molecular formula is C30H31N7O3. The Morgan fingerprint density at radius 2 is 1.80 bits per heavy atom. The molecule has 1 spiro atoms. The van der Waals surface area contributed by atoms with Crippen molar-refractivity contribution >= 4 is 34.2 Å². The average molecular weight is 538 g/mol. The van der Waals surface area contributed by atoms with Crippen molar-refractivity contribution in [3.63, 3.8) is 0 Å². The third-order valence-corrected chi connectivity index (χ3v) is 8.15. The highest BCUT2D eigenvalue weighted by Crippen LogP contribution is 2.41. The van der Waals surface area contributed by atoms with Gasteiger partial charge in [-0.1, -0.05) is 6.07 Å². The maximum Gasteiger partial charge on any atom is 0.255 e. The molecule has 6 heterocycles. The van der Waals surface area contributed by atoms with E-state index in [-0.39, 0.29) is 11.7 Å². The minimum atomic E-state index is -0.426. The van der Waals surface area contributed by atoms with Crippen LogP contribution in [0.2, 0.25) is 0 Å². The molecule has 1 aromatic carbocycles. The summed E-state index contributed by atoms with van der Waals surface area (Å²) in [6.45, 7) is 5.20.